The van der Waals surface area contributed by atoms with Crippen molar-refractivity contribution >= 4 is 39.7 Å². The first-order valence-electron chi connectivity index (χ1n) is 8.33. The van der Waals surface area contributed by atoms with Crippen molar-refractivity contribution < 1.29 is 9.53 Å². The van der Waals surface area contributed by atoms with Crippen LogP contribution in [-0.4, -0.2) is 32.6 Å². The first-order valence-corrected chi connectivity index (χ1v) is 9.41. The minimum atomic E-state index is -0.487. The van der Waals surface area contributed by atoms with E-state index in [1.165, 1.54) is 3.57 Å². The minimum absolute atomic E-state index is 0.0336. The average Bonchev–Trinajstić information content (AvgIpc) is 2.82. The van der Waals surface area contributed by atoms with E-state index in [1.807, 2.05) is 37.8 Å². The van der Waals surface area contributed by atoms with Gasteiger partial charge >= 0.3 is 6.09 Å². The van der Waals surface area contributed by atoms with Crippen LogP contribution in [0, 0.1) is 8.99 Å². The zero-order chi connectivity index (χ0) is 17.3. The predicted molar refractivity (Wildman–Crippen MR) is 101 cm³/mol. The highest BCUT2D eigenvalue weighted by Gasteiger charge is 2.64. The predicted octanol–water partition coefficient (Wildman–Crippen LogP) is 4.63. The van der Waals surface area contributed by atoms with E-state index in [0.717, 1.165) is 29.7 Å². The van der Waals surface area contributed by atoms with Gasteiger partial charge in [0.1, 0.15) is 11.4 Å². The van der Waals surface area contributed by atoms with Crippen molar-refractivity contribution in [3.8, 4) is 0 Å². The van der Waals surface area contributed by atoms with Crippen molar-refractivity contribution in [3.05, 3.63) is 27.6 Å². The van der Waals surface area contributed by atoms with Crippen LogP contribution < -0.4 is 0 Å². The van der Waals surface area contributed by atoms with E-state index in [1.54, 1.807) is 0 Å². The molecule has 2 unspecified atom stereocenters. The molecule has 2 aromatic rings. The molecule has 6 heteroatoms. The van der Waals surface area contributed by atoms with E-state index in [4.69, 9.17) is 9.72 Å². The monoisotopic (exact) mass is 439 g/mol. The summed E-state index contributed by atoms with van der Waals surface area (Å²) < 4.78 is 6.82. The molecular weight excluding hydrogens is 417 g/mol. The molecule has 1 N–H and O–H groups in total. The lowest BCUT2D eigenvalue weighted by atomic mass is 10.0. The summed E-state index contributed by atoms with van der Waals surface area (Å²) in [6.45, 7) is 7.97. The van der Waals surface area contributed by atoms with Gasteiger partial charge in [-0.15, -0.1) is 0 Å². The lowest BCUT2D eigenvalue weighted by Gasteiger charge is -2.29. The van der Waals surface area contributed by atoms with Crippen LogP contribution in [0.3, 0.4) is 0 Å². The lowest BCUT2D eigenvalue weighted by molar-refractivity contribution is 0.0175. The number of piperidine rings is 1. The Bertz CT molecular complexity index is 825. The number of imidazole rings is 1. The van der Waals surface area contributed by atoms with Crippen LogP contribution in [0.25, 0.3) is 11.0 Å². The molecule has 1 saturated heterocycles. The molecule has 1 aliphatic heterocycles. The normalized spacial score (nSPS) is 29.0. The average molecular weight is 439 g/mol. The summed E-state index contributed by atoms with van der Waals surface area (Å²) in [4.78, 5) is 22.8. The molecule has 1 amide bonds. The zero-order valence-electron chi connectivity index (χ0n) is 14.4. The van der Waals surface area contributed by atoms with Gasteiger partial charge in [-0.2, -0.15) is 0 Å². The Morgan fingerprint density at radius 3 is 2.88 bits per heavy atom. The number of ether oxygens (including phenoxy) is 1. The third-order valence-electron chi connectivity index (χ3n) is 5.02. The molecule has 2 heterocycles. The Morgan fingerprint density at radius 2 is 2.17 bits per heavy atom. The summed E-state index contributed by atoms with van der Waals surface area (Å²) in [7, 11) is 0. The van der Waals surface area contributed by atoms with Gasteiger partial charge in [0.05, 0.1) is 17.1 Å². The Morgan fingerprint density at radius 1 is 1.42 bits per heavy atom. The first-order chi connectivity index (χ1) is 11.2. The maximum Gasteiger partial charge on any atom is 0.411 e. The summed E-state index contributed by atoms with van der Waals surface area (Å²) in [5.74, 6) is 0.867. The van der Waals surface area contributed by atoms with Gasteiger partial charge in [0.2, 0.25) is 0 Å². The van der Waals surface area contributed by atoms with E-state index in [-0.39, 0.29) is 23.6 Å². The van der Waals surface area contributed by atoms with Crippen LogP contribution in [0.5, 0.6) is 0 Å². The fourth-order valence-corrected chi connectivity index (χ4v) is 4.24. The van der Waals surface area contributed by atoms with E-state index >= 15 is 0 Å². The second kappa shape index (κ2) is 5.09. The number of aromatic amines is 1. The smallest absolute Gasteiger partial charge is 0.411 e. The molecule has 128 valence electrons. The van der Waals surface area contributed by atoms with Crippen molar-refractivity contribution in [2.75, 3.05) is 0 Å². The van der Waals surface area contributed by atoms with E-state index in [0.29, 0.717) is 0 Å². The van der Waals surface area contributed by atoms with Gasteiger partial charge < -0.3 is 9.72 Å². The molecule has 1 aromatic carbocycles. The molecule has 24 heavy (non-hydrogen) atoms. The number of aromatic nitrogens is 2. The number of carbonyl (C=O) groups excluding carboxylic acids is 1. The molecule has 2 fully saturated rings. The third-order valence-corrected chi connectivity index (χ3v) is 5.69. The molecule has 0 radical (unpaired) electrons. The first kappa shape index (κ1) is 16.2. The molecule has 4 rings (SSSR count). The molecule has 1 saturated carbocycles. The number of H-pyrrole nitrogens is 1. The summed E-state index contributed by atoms with van der Waals surface area (Å²) in [6, 6.07) is 6.39. The van der Waals surface area contributed by atoms with Crippen LogP contribution in [0.15, 0.2) is 18.2 Å². The molecular formula is C18H22IN3O2. The number of halogens is 1. The van der Waals surface area contributed by atoms with Gasteiger partial charge in [-0.05, 0) is 79.8 Å². The van der Waals surface area contributed by atoms with Crippen molar-refractivity contribution in [3.63, 3.8) is 0 Å². The number of carbonyl (C=O) groups is 1. The zero-order valence-corrected chi connectivity index (χ0v) is 16.5. The molecule has 3 atom stereocenters. The summed E-state index contributed by atoms with van der Waals surface area (Å²) in [5.41, 5.74) is 1.68. The fourth-order valence-electron chi connectivity index (χ4n) is 3.75. The van der Waals surface area contributed by atoms with Gasteiger partial charge in [-0.1, -0.05) is 6.92 Å². The number of benzene rings is 1. The van der Waals surface area contributed by atoms with Gasteiger partial charge in [0, 0.05) is 9.61 Å². The van der Waals surface area contributed by atoms with Crippen LogP contribution in [0.2, 0.25) is 0 Å². The lowest BCUT2D eigenvalue weighted by Crippen LogP contribution is -2.38. The Kier molecular flexibility index (Phi) is 3.43. The topological polar surface area (TPSA) is 58.2 Å². The molecule has 0 spiro atoms. The van der Waals surface area contributed by atoms with Gasteiger partial charge in [0.25, 0.3) is 0 Å². The largest absolute Gasteiger partial charge is 0.444 e. The number of rotatable bonds is 1. The van der Waals surface area contributed by atoms with Gasteiger partial charge in [-0.3, -0.25) is 4.90 Å². The van der Waals surface area contributed by atoms with Crippen LogP contribution >= 0.6 is 22.6 Å². The number of hydrogen-bond acceptors (Lipinski definition) is 3. The molecule has 1 aliphatic carbocycles. The van der Waals surface area contributed by atoms with Gasteiger partial charge in [0.15, 0.2) is 0 Å². The summed E-state index contributed by atoms with van der Waals surface area (Å²) in [6.07, 6.45) is 1.77. The molecule has 0 bridgehead atoms. The molecule has 2 aliphatic rings. The maximum atomic E-state index is 12.8. The quantitative estimate of drug-likeness (QED) is 0.660. The molecule has 1 aromatic heterocycles. The van der Waals surface area contributed by atoms with Crippen LogP contribution in [0.1, 0.15) is 52.4 Å². The van der Waals surface area contributed by atoms with Crippen molar-refractivity contribution in [2.24, 2.45) is 5.41 Å². The number of nitrogens with zero attached hydrogens (tertiary/aromatic N) is 2. The van der Waals surface area contributed by atoms with E-state index in [9.17, 15) is 4.79 Å². The Hall–Kier alpha value is -1.31. The van der Waals surface area contributed by atoms with Crippen molar-refractivity contribution in [2.45, 2.75) is 58.2 Å². The van der Waals surface area contributed by atoms with Gasteiger partial charge in [-0.25, -0.2) is 9.78 Å². The van der Waals surface area contributed by atoms with Crippen molar-refractivity contribution in [1.82, 2.24) is 14.9 Å². The van der Waals surface area contributed by atoms with E-state index < -0.39 is 5.60 Å². The third kappa shape index (κ3) is 2.68. The highest BCUT2D eigenvalue weighted by Crippen LogP contribution is 2.63. The van der Waals surface area contributed by atoms with E-state index in [2.05, 4.69) is 40.6 Å². The Balaban J connectivity index is 1.68. The minimum Gasteiger partial charge on any atom is -0.444 e. The fraction of sp³-hybridized carbons (Fsp3) is 0.556. The SMILES string of the molecule is CC(C)(C)OC(=O)N1C2CC2(C)C[C@H]1c1nc2ccc(I)cc2[nH]1. The van der Waals surface area contributed by atoms with Crippen LogP contribution in [-0.2, 0) is 4.74 Å². The number of hydrogen-bond donors (Lipinski definition) is 1. The van der Waals surface area contributed by atoms with Crippen molar-refractivity contribution in [1.29, 1.82) is 0 Å². The number of fused-ring (bicyclic) bond motifs is 2. The summed E-state index contributed by atoms with van der Waals surface area (Å²) in [5, 5.41) is 0. The number of nitrogens with one attached hydrogen (secondary N) is 1. The standard InChI is InChI=1S/C18H22IN3O2/c1-17(2,3)24-16(23)22-13(8-18(4)9-14(18)22)15-20-11-6-5-10(19)7-12(11)21-15/h5-7,13-14H,8-9H2,1-4H3,(H,20,21)/t13-,14?,18?/m0/s1. The number of likely N-dealkylation sites (tertiary alicyclic amines) is 1. The highest BCUT2D eigenvalue weighted by atomic mass is 127. The number of amides is 1. The molecule has 5 nitrogen and oxygen atoms in total. The maximum absolute atomic E-state index is 12.8. The highest BCUT2D eigenvalue weighted by molar-refractivity contribution is 14.1. The van der Waals surface area contributed by atoms with Crippen LogP contribution in [0.4, 0.5) is 4.79 Å². The summed E-state index contributed by atoms with van der Waals surface area (Å²) >= 11 is 2.30. The second-order valence-corrected chi connectivity index (χ2v) is 9.51. The second-order valence-electron chi connectivity index (χ2n) is 8.27. The Labute approximate surface area is 155 Å².